The summed E-state index contributed by atoms with van der Waals surface area (Å²) < 4.78 is 27.7. The van der Waals surface area contributed by atoms with Gasteiger partial charge in [0.2, 0.25) is 0 Å². The van der Waals surface area contributed by atoms with Gasteiger partial charge in [-0.05, 0) is 18.2 Å². The Kier molecular flexibility index (Phi) is 4.75. The average molecular weight is 408 g/mol. The minimum Gasteiger partial charge on any atom is -0.354 e. The molecule has 0 bridgehead atoms. The molecule has 10 heteroatoms. The van der Waals surface area contributed by atoms with Crippen molar-refractivity contribution in [2.75, 3.05) is 31.1 Å². The van der Waals surface area contributed by atoms with E-state index in [4.69, 9.17) is 4.98 Å². The van der Waals surface area contributed by atoms with Crippen molar-refractivity contribution in [2.45, 2.75) is 6.43 Å². The fraction of sp³-hybridized carbons (Fsp3) is 0.250. The highest BCUT2D eigenvalue weighted by Crippen LogP contribution is 2.24. The highest BCUT2D eigenvalue weighted by molar-refractivity contribution is 5.82. The zero-order chi connectivity index (χ0) is 20.5. The standard InChI is InChI=1S/C20H18F2N8/c21-20(22)16-12-24-11-15(27-16)14-8-17-13(9-25-14)10-26-30(17)19-3-1-2-18(28-19)29-6-4-23-5-7-29/h1-3,8-12,20,23H,4-7H2. The zero-order valence-corrected chi connectivity index (χ0v) is 15.9. The Bertz CT molecular complexity index is 1190. The molecule has 8 nitrogen and oxygen atoms in total. The molecule has 1 saturated heterocycles. The molecular formula is C20H18F2N8. The number of alkyl halides is 2. The van der Waals surface area contributed by atoms with Gasteiger partial charge in [-0.1, -0.05) is 6.07 Å². The quantitative estimate of drug-likeness (QED) is 0.556. The summed E-state index contributed by atoms with van der Waals surface area (Å²) in [5, 5.41) is 8.60. The Morgan fingerprint density at radius 2 is 1.77 bits per heavy atom. The third kappa shape index (κ3) is 3.45. The minimum absolute atomic E-state index is 0.282. The van der Waals surface area contributed by atoms with Crippen LogP contribution in [-0.4, -0.2) is 55.9 Å². The Labute approximate surface area is 170 Å². The molecule has 5 rings (SSSR count). The molecule has 0 aromatic carbocycles. The molecule has 4 aromatic heterocycles. The number of piperazine rings is 1. The van der Waals surface area contributed by atoms with Crippen LogP contribution in [0.1, 0.15) is 12.1 Å². The normalized spacial score (nSPS) is 14.6. The van der Waals surface area contributed by atoms with Crippen molar-refractivity contribution in [2.24, 2.45) is 0 Å². The van der Waals surface area contributed by atoms with E-state index in [1.165, 1.54) is 6.20 Å². The predicted molar refractivity (Wildman–Crippen MR) is 108 cm³/mol. The number of hydrogen-bond donors (Lipinski definition) is 1. The second-order valence-electron chi connectivity index (χ2n) is 6.91. The van der Waals surface area contributed by atoms with E-state index in [0.717, 1.165) is 49.1 Å². The van der Waals surface area contributed by atoms with Crippen LogP contribution in [0, 0.1) is 0 Å². The molecule has 0 spiro atoms. The summed E-state index contributed by atoms with van der Waals surface area (Å²) in [6.45, 7) is 3.63. The van der Waals surface area contributed by atoms with E-state index in [1.807, 2.05) is 18.2 Å². The number of fused-ring (bicyclic) bond motifs is 1. The van der Waals surface area contributed by atoms with Crippen molar-refractivity contribution in [1.82, 2.24) is 35.0 Å². The van der Waals surface area contributed by atoms with Crippen molar-refractivity contribution in [3.63, 3.8) is 0 Å². The van der Waals surface area contributed by atoms with Crippen LogP contribution in [0.25, 0.3) is 28.1 Å². The number of nitrogens with one attached hydrogen (secondary N) is 1. The van der Waals surface area contributed by atoms with Gasteiger partial charge in [-0.15, -0.1) is 0 Å². The molecule has 1 aliphatic heterocycles. The van der Waals surface area contributed by atoms with Crippen molar-refractivity contribution in [3.8, 4) is 17.2 Å². The van der Waals surface area contributed by atoms with Crippen molar-refractivity contribution in [3.05, 3.63) is 54.7 Å². The van der Waals surface area contributed by atoms with Crippen LogP contribution in [0.3, 0.4) is 0 Å². The van der Waals surface area contributed by atoms with Crippen LogP contribution in [-0.2, 0) is 0 Å². The molecule has 4 aromatic rings. The van der Waals surface area contributed by atoms with Crippen molar-refractivity contribution >= 4 is 16.7 Å². The van der Waals surface area contributed by atoms with Crippen LogP contribution in [0.5, 0.6) is 0 Å². The van der Waals surface area contributed by atoms with E-state index < -0.39 is 6.43 Å². The molecule has 30 heavy (non-hydrogen) atoms. The first kappa shape index (κ1) is 18.5. The van der Waals surface area contributed by atoms with Gasteiger partial charge in [-0.3, -0.25) is 9.97 Å². The van der Waals surface area contributed by atoms with E-state index in [2.05, 4.69) is 30.3 Å². The lowest BCUT2D eigenvalue weighted by atomic mass is 10.2. The topological polar surface area (TPSA) is 84.7 Å². The summed E-state index contributed by atoms with van der Waals surface area (Å²) in [4.78, 5) is 19.2. The first-order valence-electron chi connectivity index (χ1n) is 9.56. The summed E-state index contributed by atoms with van der Waals surface area (Å²) >= 11 is 0. The summed E-state index contributed by atoms with van der Waals surface area (Å²) in [7, 11) is 0. The van der Waals surface area contributed by atoms with Crippen LogP contribution in [0.4, 0.5) is 14.6 Å². The van der Waals surface area contributed by atoms with Gasteiger partial charge in [0.05, 0.1) is 29.8 Å². The molecule has 5 heterocycles. The van der Waals surface area contributed by atoms with Gasteiger partial charge in [-0.25, -0.2) is 23.4 Å². The number of nitrogens with zero attached hydrogens (tertiary/aromatic N) is 7. The summed E-state index contributed by atoms with van der Waals surface area (Å²) in [6, 6.07) is 7.59. The Morgan fingerprint density at radius 3 is 2.60 bits per heavy atom. The zero-order valence-electron chi connectivity index (χ0n) is 15.9. The number of anilines is 1. The Hall–Kier alpha value is -3.53. The Morgan fingerprint density at radius 1 is 0.933 bits per heavy atom. The van der Waals surface area contributed by atoms with Crippen LogP contribution >= 0.6 is 0 Å². The number of rotatable bonds is 4. The Balaban J connectivity index is 1.55. The maximum absolute atomic E-state index is 13.0. The fourth-order valence-electron chi connectivity index (χ4n) is 3.45. The van der Waals surface area contributed by atoms with Crippen LogP contribution in [0.15, 0.2) is 49.1 Å². The van der Waals surface area contributed by atoms with Gasteiger partial charge in [0.25, 0.3) is 6.43 Å². The number of hydrogen-bond acceptors (Lipinski definition) is 7. The predicted octanol–water partition coefficient (Wildman–Crippen LogP) is 2.62. The van der Waals surface area contributed by atoms with Crippen molar-refractivity contribution in [1.29, 1.82) is 0 Å². The molecule has 1 aliphatic rings. The number of aromatic nitrogens is 6. The van der Waals surface area contributed by atoms with Gasteiger partial charge < -0.3 is 10.2 Å². The molecule has 0 unspecified atom stereocenters. The highest BCUT2D eigenvalue weighted by atomic mass is 19.3. The van der Waals surface area contributed by atoms with E-state index in [0.29, 0.717) is 11.5 Å². The van der Waals surface area contributed by atoms with Crippen molar-refractivity contribution < 1.29 is 8.78 Å². The van der Waals surface area contributed by atoms with Gasteiger partial charge in [0, 0.05) is 37.8 Å². The number of halogens is 2. The maximum Gasteiger partial charge on any atom is 0.281 e. The van der Waals surface area contributed by atoms with E-state index in [9.17, 15) is 8.78 Å². The first-order valence-corrected chi connectivity index (χ1v) is 9.56. The van der Waals surface area contributed by atoms with Crippen LogP contribution in [0.2, 0.25) is 0 Å². The van der Waals surface area contributed by atoms with Gasteiger partial charge in [-0.2, -0.15) is 5.10 Å². The lowest BCUT2D eigenvalue weighted by molar-refractivity contribution is 0.145. The molecule has 0 atom stereocenters. The molecule has 152 valence electrons. The van der Waals surface area contributed by atoms with E-state index >= 15 is 0 Å². The largest absolute Gasteiger partial charge is 0.354 e. The summed E-state index contributed by atoms with van der Waals surface area (Å²) in [6.07, 6.45) is 3.13. The smallest absolute Gasteiger partial charge is 0.281 e. The second kappa shape index (κ2) is 7.71. The maximum atomic E-state index is 13.0. The van der Waals surface area contributed by atoms with Gasteiger partial charge >= 0.3 is 0 Å². The molecular weight excluding hydrogens is 390 g/mol. The molecule has 0 saturated carbocycles. The number of pyridine rings is 2. The SMILES string of the molecule is FC(F)c1cncc(-c2cc3c(cn2)cnn3-c2cccc(N3CCNCC3)n2)n1. The molecule has 1 N–H and O–H groups in total. The third-order valence-corrected chi connectivity index (χ3v) is 4.97. The van der Waals surface area contributed by atoms with E-state index in [-0.39, 0.29) is 11.4 Å². The molecule has 0 radical (unpaired) electrons. The van der Waals surface area contributed by atoms with Gasteiger partial charge in [0.1, 0.15) is 17.2 Å². The lowest BCUT2D eigenvalue weighted by Gasteiger charge is -2.28. The summed E-state index contributed by atoms with van der Waals surface area (Å²) in [5.74, 6) is 1.56. The third-order valence-electron chi connectivity index (χ3n) is 4.97. The highest BCUT2D eigenvalue weighted by Gasteiger charge is 2.15. The first-order chi connectivity index (χ1) is 14.7. The van der Waals surface area contributed by atoms with E-state index in [1.54, 1.807) is 23.1 Å². The summed E-state index contributed by atoms with van der Waals surface area (Å²) in [5.41, 5.74) is 1.10. The monoisotopic (exact) mass is 408 g/mol. The lowest BCUT2D eigenvalue weighted by Crippen LogP contribution is -2.43. The van der Waals surface area contributed by atoms with Gasteiger partial charge in [0.15, 0.2) is 5.82 Å². The molecule has 0 amide bonds. The fourth-order valence-corrected chi connectivity index (χ4v) is 3.45. The van der Waals surface area contributed by atoms with Crippen LogP contribution < -0.4 is 10.2 Å². The second-order valence-corrected chi connectivity index (χ2v) is 6.91. The average Bonchev–Trinajstić information content (AvgIpc) is 3.23. The molecule has 1 fully saturated rings. The molecule has 0 aliphatic carbocycles. The minimum atomic E-state index is -2.69.